The Kier molecular flexibility index (Phi) is 6.39. The van der Waals surface area contributed by atoms with Crippen LogP contribution in [-0.4, -0.2) is 53.7 Å². The summed E-state index contributed by atoms with van der Waals surface area (Å²) in [4.78, 5) is 38.8. The lowest BCUT2D eigenvalue weighted by Gasteiger charge is -2.44. The summed E-state index contributed by atoms with van der Waals surface area (Å²) in [5.41, 5.74) is 4.01. The second-order valence-electron chi connectivity index (χ2n) is 10.4. The lowest BCUT2D eigenvalue weighted by molar-refractivity contribution is -0.152. The van der Waals surface area contributed by atoms with Crippen molar-refractivity contribution in [1.29, 1.82) is 0 Å². The first-order valence-corrected chi connectivity index (χ1v) is 11.7. The van der Waals surface area contributed by atoms with Gasteiger partial charge in [0.2, 0.25) is 5.91 Å². The van der Waals surface area contributed by atoms with Crippen molar-refractivity contribution in [1.82, 2.24) is 10.2 Å². The Labute approximate surface area is 200 Å². The van der Waals surface area contributed by atoms with Crippen molar-refractivity contribution in [2.24, 2.45) is 17.3 Å². The van der Waals surface area contributed by atoms with Crippen LogP contribution in [-0.2, 0) is 14.3 Å². The molecule has 34 heavy (non-hydrogen) atoms. The van der Waals surface area contributed by atoms with Gasteiger partial charge in [0, 0.05) is 24.9 Å². The Bertz CT molecular complexity index is 1050. The second kappa shape index (κ2) is 9.12. The van der Waals surface area contributed by atoms with E-state index in [9.17, 15) is 19.5 Å². The van der Waals surface area contributed by atoms with Crippen LogP contribution in [0.3, 0.4) is 0 Å². The van der Waals surface area contributed by atoms with E-state index in [0.717, 1.165) is 22.3 Å². The molecule has 1 aliphatic heterocycles. The third-order valence-electron chi connectivity index (χ3n) is 7.04. The van der Waals surface area contributed by atoms with Gasteiger partial charge in [-0.3, -0.25) is 9.59 Å². The molecule has 2 N–H and O–H groups in total. The fourth-order valence-corrected chi connectivity index (χ4v) is 4.80. The molecule has 2 amide bonds. The molecule has 0 radical (unpaired) electrons. The van der Waals surface area contributed by atoms with Gasteiger partial charge in [-0.25, -0.2) is 4.79 Å². The molecule has 2 atom stereocenters. The summed E-state index contributed by atoms with van der Waals surface area (Å²) in [6.45, 7) is 8.25. The fourth-order valence-electron chi connectivity index (χ4n) is 4.80. The minimum absolute atomic E-state index is 0.0596. The largest absolute Gasteiger partial charge is 0.481 e. The molecule has 180 valence electrons. The van der Waals surface area contributed by atoms with Gasteiger partial charge in [0.05, 0.1) is 5.92 Å². The Hall–Kier alpha value is -3.35. The maximum Gasteiger partial charge on any atom is 0.407 e. The normalized spacial score (nSPS) is 17.2. The van der Waals surface area contributed by atoms with Gasteiger partial charge in [0.25, 0.3) is 0 Å². The van der Waals surface area contributed by atoms with Crippen LogP contribution in [0.2, 0.25) is 0 Å². The van der Waals surface area contributed by atoms with E-state index in [-0.39, 0.29) is 24.3 Å². The number of alkyl carbamates (subject to hydrolysis) is 1. The monoisotopic (exact) mass is 464 g/mol. The molecule has 1 fully saturated rings. The van der Waals surface area contributed by atoms with Gasteiger partial charge < -0.3 is 20.1 Å². The molecule has 2 aliphatic rings. The number of nitrogens with zero attached hydrogens (tertiary/aromatic N) is 1. The SMILES string of the molecule is CC(C(=O)O)C1CN(C(=O)C(NC(=O)OCC2c3ccccc3-c3ccccc32)C(C)(C)C)C1. The Morgan fingerprint density at radius 3 is 2.06 bits per heavy atom. The van der Waals surface area contributed by atoms with E-state index in [4.69, 9.17) is 4.74 Å². The van der Waals surface area contributed by atoms with Crippen LogP contribution < -0.4 is 5.32 Å². The standard InChI is InChI=1S/C27H32N2O5/c1-16(25(31)32)17-13-29(14-17)24(30)23(27(2,3)4)28-26(33)34-15-22-20-11-7-5-9-18(20)19-10-6-8-12-21(19)22/h5-12,16-17,22-23H,13-15H2,1-4H3,(H,28,33)(H,31,32). The number of carbonyl (C=O) groups excluding carboxylic acids is 2. The molecule has 7 nitrogen and oxygen atoms in total. The maximum atomic E-state index is 13.1. The lowest BCUT2D eigenvalue weighted by Crippen LogP contribution is -2.61. The summed E-state index contributed by atoms with van der Waals surface area (Å²) in [7, 11) is 0. The zero-order valence-electron chi connectivity index (χ0n) is 20.1. The van der Waals surface area contributed by atoms with Gasteiger partial charge in [-0.15, -0.1) is 0 Å². The number of carbonyl (C=O) groups is 3. The van der Waals surface area contributed by atoms with Gasteiger partial charge in [0.15, 0.2) is 0 Å². The van der Waals surface area contributed by atoms with Crippen LogP contribution in [0, 0.1) is 17.3 Å². The predicted octanol–water partition coefficient (Wildman–Crippen LogP) is 4.12. The maximum absolute atomic E-state index is 13.1. The van der Waals surface area contributed by atoms with Crippen molar-refractivity contribution in [3.05, 3.63) is 59.7 Å². The highest BCUT2D eigenvalue weighted by Crippen LogP contribution is 2.44. The average Bonchev–Trinajstić information content (AvgIpc) is 3.07. The summed E-state index contributed by atoms with van der Waals surface area (Å²) in [6, 6.07) is 15.5. The Balaban J connectivity index is 1.40. The molecule has 2 aromatic carbocycles. The van der Waals surface area contributed by atoms with Crippen LogP contribution in [0.5, 0.6) is 0 Å². The number of amides is 2. The van der Waals surface area contributed by atoms with Gasteiger partial charge in [-0.1, -0.05) is 76.2 Å². The van der Waals surface area contributed by atoms with Gasteiger partial charge >= 0.3 is 12.1 Å². The molecule has 0 saturated carbocycles. The summed E-state index contributed by atoms with van der Waals surface area (Å²) in [6.07, 6.45) is -0.633. The van der Waals surface area contributed by atoms with Crippen molar-refractivity contribution >= 4 is 18.0 Å². The number of carboxylic acid groups (broad SMARTS) is 1. The minimum Gasteiger partial charge on any atom is -0.481 e. The van der Waals surface area contributed by atoms with E-state index in [0.29, 0.717) is 13.1 Å². The summed E-state index contributed by atoms with van der Waals surface area (Å²) in [5.74, 6) is -1.71. The number of carboxylic acids is 1. The molecule has 0 aromatic heterocycles. The number of nitrogens with one attached hydrogen (secondary N) is 1. The van der Waals surface area contributed by atoms with Crippen molar-refractivity contribution in [2.45, 2.75) is 39.7 Å². The van der Waals surface area contributed by atoms with E-state index < -0.39 is 29.4 Å². The predicted molar refractivity (Wildman–Crippen MR) is 128 cm³/mol. The first kappa shape index (κ1) is 23.8. The fraction of sp³-hybridized carbons (Fsp3) is 0.444. The van der Waals surface area contributed by atoms with Crippen molar-refractivity contribution in [3.8, 4) is 11.1 Å². The number of hydrogen-bond donors (Lipinski definition) is 2. The van der Waals surface area contributed by atoms with E-state index in [1.165, 1.54) is 0 Å². The van der Waals surface area contributed by atoms with Crippen molar-refractivity contribution in [3.63, 3.8) is 0 Å². The quantitative estimate of drug-likeness (QED) is 0.671. The number of likely N-dealkylation sites (tertiary alicyclic amines) is 1. The molecule has 1 saturated heterocycles. The highest BCUT2D eigenvalue weighted by Gasteiger charge is 2.43. The first-order chi connectivity index (χ1) is 16.1. The summed E-state index contributed by atoms with van der Waals surface area (Å²) in [5, 5.41) is 12.0. The van der Waals surface area contributed by atoms with E-state index in [1.807, 2.05) is 45.0 Å². The van der Waals surface area contributed by atoms with Crippen LogP contribution in [0.25, 0.3) is 11.1 Å². The zero-order chi connectivity index (χ0) is 24.6. The molecule has 2 unspecified atom stereocenters. The molecule has 2 aromatic rings. The van der Waals surface area contributed by atoms with Crippen molar-refractivity contribution in [2.75, 3.05) is 19.7 Å². The number of fused-ring (bicyclic) bond motifs is 3. The molecule has 1 aliphatic carbocycles. The van der Waals surface area contributed by atoms with Crippen LogP contribution in [0.1, 0.15) is 44.7 Å². The zero-order valence-corrected chi connectivity index (χ0v) is 20.1. The Morgan fingerprint density at radius 1 is 1.03 bits per heavy atom. The Morgan fingerprint density at radius 2 is 1.56 bits per heavy atom. The van der Waals surface area contributed by atoms with Crippen LogP contribution in [0.15, 0.2) is 48.5 Å². The minimum atomic E-state index is -0.860. The highest BCUT2D eigenvalue weighted by atomic mass is 16.5. The molecule has 1 heterocycles. The van der Waals surface area contributed by atoms with Crippen molar-refractivity contribution < 1.29 is 24.2 Å². The molecule has 4 rings (SSSR count). The van der Waals surface area contributed by atoms with Gasteiger partial charge in [-0.2, -0.15) is 0 Å². The molecule has 7 heteroatoms. The number of hydrogen-bond acceptors (Lipinski definition) is 4. The highest BCUT2D eigenvalue weighted by molar-refractivity contribution is 5.87. The van der Waals surface area contributed by atoms with Gasteiger partial charge in [0.1, 0.15) is 12.6 Å². The molecular formula is C27H32N2O5. The van der Waals surface area contributed by atoms with Gasteiger partial charge in [-0.05, 0) is 27.7 Å². The molecule has 0 spiro atoms. The smallest absolute Gasteiger partial charge is 0.407 e. The summed E-state index contributed by atoms with van der Waals surface area (Å²) < 4.78 is 5.64. The average molecular weight is 465 g/mol. The third kappa shape index (κ3) is 4.52. The van der Waals surface area contributed by atoms with Crippen LogP contribution in [0.4, 0.5) is 4.79 Å². The molecule has 0 bridgehead atoms. The second-order valence-corrected chi connectivity index (χ2v) is 10.4. The summed E-state index contributed by atoms with van der Waals surface area (Å²) >= 11 is 0. The first-order valence-electron chi connectivity index (χ1n) is 11.7. The number of rotatable bonds is 6. The van der Waals surface area contributed by atoms with E-state index >= 15 is 0 Å². The third-order valence-corrected chi connectivity index (χ3v) is 7.04. The number of benzene rings is 2. The van der Waals surface area contributed by atoms with E-state index in [1.54, 1.807) is 11.8 Å². The molecular weight excluding hydrogens is 432 g/mol. The van der Waals surface area contributed by atoms with E-state index in [2.05, 4.69) is 29.6 Å². The number of ether oxygens (including phenoxy) is 1. The topological polar surface area (TPSA) is 95.9 Å². The van der Waals surface area contributed by atoms with Crippen LogP contribution >= 0.6 is 0 Å². The number of aliphatic carboxylic acids is 1. The lowest BCUT2D eigenvalue weighted by atomic mass is 9.82.